The van der Waals surface area contributed by atoms with Crippen molar-refractivity contribution in [2.75, 3.05) is 17.7 Å². The Labute approximate surface area is 137 Å². The highest BCUT2D eigenvalue weighted by Crippen LogP contribution is 2.30. The maximum atomic E-state index is 14.3. The molecule has 0 radical (unpaired) electrons. The summed E-state index contributed by atoms with van der Waals surface area (Å²) in [5.41, 5.74) is 2.55. The minimum Gasteiger partial charge on any atom is -0.465 e. The molecule has 3 rings (SSSR count). The van der Waals surface area contributed by atoms with Gasteiger partial charge in [0.15, 0.2) is 0 Å². The zero-order valence-corrected chi connectivity index (χ0v) is 13.1. The molecule has 122 valence electrons. The van der Waals surface area contributed by atoms with Gasteiger partial charge in [-0.25, -0.2) is 14.2 Å². The zero-order valence-electron chi connectivity index (χ0n) is 13.1. The topological polar surface area (TPSA) is 87.1 Å². The van der Waals surface area contributed by atoms with E-state index in [0.29, 0.717) is 22.8 Å². The summed E-state index contributed by atoms with van der Waals surface area (Å²) in [6.45, 7) is 1.78. The first-order valence-electron chi connectivity index (χ1n) is 7.23. The molecule has 0 aliphatic carbocycles. The summed E-state index contributed by atoms with van der Waals surface area (Å²) in [7, 11) is 1.77. The van der Waals surface area contributed by atoms with E-state index in [9.17, 15) is 9.18 Å². The zero-order chi connectivity index (χ0) is 17.3. The summed E-state index contributed by atoms with van der Waals surface area (Å²) < 4.78 is 14.3. The van der Waals surface area contributed by atoms with E-state index in [1.807, 2.05) is 6.07 Å². The molecular formula is C17H15FN4O2. The first kappa shape index (κ1) is 15.7. The number of fused-ring (bicyclic) bond motifs is 1. The van der Waals surface area contributed by atoms with Gasteiger partial charge in [0.1, 0.15) is 11.6 Å². The number of anilines is 2. The fourth-order valence-electron chi connectivity index (χ4n) is 2.51. The molecule has 1 amide bonds. The van der Waals surface area contributed by atoms with Crippen molar-refractivity contribution in [3.63, 3.8) is 0 Å². The first-order chi connectivity index (χ1) is 11.5. The molecule has 0 fully saturated rings. The Bertz CT molecular complexity index is 943. The maximum Gasteiger partial charge on any atom is 0.409 e. The highest BCUT2D eigenvalue weighted by atomic mass is 19.1. The van der Waals surface area contributed by atoms with Crippen LogP contribution in [0, 0.1) is 12.7 Å². The highest BCUT2D eigenvalue weighted by molar-refractivity contribution is 5.88. The fraction of sp³-hybridized carbons (Fsp3) is 0.118. The van der Waals surface area contributed by atoms with Crippen LogP contribution in [0.15, 0.2) is 36.5 Å². The molecule has 3 N–H and O–H groups in total. The Kier molecular flexibility index (Phi) is 3.99. The predicted octanol–water partition coefficient (Wildman–Crippen LogP) is 3.88. The third kappa shape index (κ3) is 2.96. The van der Waals surface area contributed by atoms with Crippen LogP contribution < -0.4 is 10.6 Å². The smallest absolute Gasteiger partial charge is 0.409 e. The van der Waals surface area contributed by atoms with E-state index < -0.39 is 11.9 Å². The molecule has 7 heteroatoms. The average molecular weight is 326 g/mol. The normalized spacial score (nSPS) is 10.6. The van der Waals surface area contributed by atoms with E-state index in [-0.39, 0.29) is 5.56 Å². The summed E-state index contributed by atoms with van der Waals surface area (Å²) in [6, 6.07) is 7.66. The molecule has 0 bridgehead atoms. The van der Waals surface area contributed by atoms with Crippen LogP contribution in [0.5, 0.6) is 0 Å². The highest BCUT2D eigenvalue weighted by Gasteiger charge is 2.12. The lowest BCUT2D eigenvalue weighted by Gasteiger charge is -2.11. The number of aryl methyl sites for hydroxylation is 1. The van der Waals surface area contributed by atoms with Gasteiger partial charge >= 0.3 is 6.09 Å². The van der Waals surface area contributed by atoms with Crippen LogP contribution in [0.1, 0.15) is 5.69 Å². The number of amides is 1. The van der Waals surface area contributed by atoms with Gasteiger partial charge in [0.05, 0.1) is 5.52 Å². The molecule has 3 aromatic rings. The second-order valence-corrected chi connectivity index (χ2v) is 5.26. The Morgan fingerprint density at radius 1 is 1.21 bits per heavy atom. The van der Waals surface area contributed by atoms with E-state index in [0.717, 1.165) is 10.9 Å². The summed E-state index contributed by atoms with van der Waals surface area (Å²) in [6.07, 6.45) is 0.457. The number of nitrogens with zero attached hydrogens (tertiary/aromatic N) is 2. The van der Waals surface area contributed by atoms with Crippen molar-refractivity contribution in [2.45, 2.75) is 6.92 Å². The number of carboxylic acid groups (broad SMARTS) is 1. The molecule has 0 unspecified atom stereocenters. The second-order valence-electron chi connectivity index (χ2n) is 5.26. The molecule has 0 atom stereocenters. The minimum atomic E-state index is -1.20. The molecule has 0 aliphatic heterocycles. The number of aromatic nitrogens is 2. The Hall–Kier alpha value is -3.22. The van der Waals surface area contributed by atoms with E-state index in [1.165, 1.54) is 18.2 Å². The Morgan fingerprint density at radius 3 is 2.71 bits per heavy atom. The van der Waals surface area contributed by atoms with Crippen molar-refractivity contribution in [3.8, 4) is 11.1 Å². The molecule has 0 aliphatic rings. The molecule has 2 aromatic heterocycles. The van der Waals surface area contributed by atoms with Crippen LogP contribution in [-0.2, 0) is 0 Å². The van der Waals surface area contributed by atoms with Gasteiger partial charge in [-0.2, -0.15) is 0 Å². The van der Waals surface area contributed by atoms with Gasteiger partial charge in [-0.05, 0) is 31.2 Å². The SMILES string of the molecule is CNc1cc2nc(C)c(-c3cc(NC(=O)O)ccc3F)cc2cn1. The van der Waals surface area contributed by atoms with Gasteiger partial charge in [0, 0.05) is 47.2 Å². The minimum absolute atomic E-state index is 0.283. The second kappa shape index (κ2) is 6.11. The maximum absolute atomic E-state index is 14.3. The van der Waals surface area contributed by atoms with Gasteiger partial charge in [0.25, 0.3) is 0 Å². The summed E-state index contributed by atoms with van der Waals surface area (Å²) in [5, 5.41) is 14.7. The van der Waals surface area contributed by atoms with Crippen LogP contribution in [-0.4, -0.2) is 28.2 Å². The van der Waals surface area contributed by atoms with Crippen molar-refractivity contribution >= 4 is 28.5 Å². The molecule has 0 saturated heterocycles. The third-order valence-electron chi connectivity index (χ3n) is 3.65. The number of benzene rings is 1. The molecule has 1 aromatic carbocycles. The molecule has 6 nitrogen and oxygen atoms in total. The van der Waals surface area contributed by atoms with Crippen LogP contribution in [0.2, 0.25) is 0 Å². The van der Waals surface area contributed by atoms with Crippen LogP contribution in [0.3, 0.4) is 0 Å². The van der Waals surface area contributed by atoms with Crippen molar-refractivity contribution in [3.05, 3.63) is 48.0 Å². The quantitative estimate of drug-likeness (QED) is 0.680. The standard InChI is InChI=1S/C17H15FN4O2/c1-9-12(5-10-8-20-16(19-2)7-15(10)21-9)13-6-11(22-17(23)24)3-4-14(13)18/h3-8,22H,1-2H3,(H,19,20)(H,23,24). The van der Waals surface area contributed by atoms with Crippen LogP contribution in [0.25, 0.3) is 22.0 Å². The van der Waals surface area contributed by atoms with E-state index >= 15 is 0 Å². The molecule has 2 heterocycles. The van der Waals surface area contributed by atoms with Crippen molar-refractivity contribution in [1.29, 1.82) is 0 Å². The number of hydrogen-bond acceptors (Lipinski definition) is 4. The fourth-order valence-corrected chi connectivity index (χ4v) is 2.51. The van der Waals surface area contributed by atoms with E-state index in [2.05, 4.69) is 20.6 Å². The van der Waals surface area contributed by atoms with Crippen LogP contribution in [0.4, 0.5) is 20.7 Å². The lowest BCUT2D eigenvalue weighted by molar-refractivity contribution is 0.209. The largest absolute Gasteiger partial charge is 0.465 e. The van der Waals surface area contributed by atoms with Gasteiger partial charge < -0.3 is 10.4 Å². The van der Waals surface area contributed by atoms with E-state index in [1.54, 1.807) is 26.2 Å². The molecule has 24 heavy (non-hydrogen) atoms. The van der Waals surface area contributed by atoms with Crippen molar-refractivity contribution < 1.29 is 14.3 Å². The number of carbonyl (C=O) groups is 1. The molecule has 0 spiro atoms. The summed E-state index contributed by atoms with van der Waals surface area (Å²) >= 11 is 0. The van der Waals surface area contributed by atoms with Gasteiger partial charge in [0.2, 0.25) is 0 Å². The number of rotatable bonds is 3. The number of halogens is 1. The Balaban J connectivity index is 2.15. The first-order valence-corrected chi connectivity index (χ1v) is 7.23. The van der Waals surface area contributed by atoms with Crippen molar-refractivity contribution in [1.82, 2.24) is 9.97 Å². The predicted molar refractivity (Wildman–Crippen MR) is 90.9 cm³/mol. The number of pyridine rings is 2. The molecule has 0 saturated carbocycles. The lowest BCUT2D eigenvalue weighted by Crippen LogP contribution is -2.07. The number of hydrogen-bond donors (Lipinski definition) is 3. The Morgan fingerprint density at radius 2 is 2.00 bits per heavy atom. The lowest BCUT2D eigenvalue weighted by atomic mass is 10.0. The van der Waals surface area contributed by atoms with E-state index in [4.69, 9.17) is 5.11 Å². The van der Waals surface area contributed by atoms with Gasteiger partial charge in [-0.1, -0.05) is 0 Å². The monoisotopic (exact) mass is 326 g/mol. The van der Waals surface area contributed by atoms with Gasteiger partial charge in [-0.15, -0.1) is 0 Å². The number of nitrogens with one attached hydrogen (secondary N) is 2. The molecular weight excluding hydrogens is 311 g/mol. The third-order valence-corrected chi connectivity index (χ3v) is 3.65. The average Bonchev–Trinajstić information content (AvgIpc) is 2.55. The summed E-state index contributed by atoms with van der Waals surface area (Å²) in [5.74, 6) is 0.246. The summed E-state index contributed by atoms with van der Waals surface area (Å²) in [4.78, 5) is 19.5. The van der Waals surface area contributed by atoms with Crippen molar-refractivity contribution in [2.24, 2.45) is 0 Å². The van der Waals surface area contributed by atoms with Crippen LogP contribution >= 0.6 is 0 Å². The van der Waals surface area contributed by atoms with Gasteiger partial charge in [-0.3, -0.25) is 10.3 Å².